The second-order valence-electron chi connectivity index (χ2n) is 10.4. The molecule has 0 heterocycles. The molecule has 2 saturated carbocycles. The SMILES string of the molecule is CC(C)OC(=O)[C@H](CSCc1ccccc1)NC(=O)C1=C(c2ccccc2)C(=O)[C@@H]2[C@H]3CC[C@H](C3)[C@H]12. The van der Waals surface area contributed by atoms with Crippen LogP contribution >= 0.6 is 11.8 Å². The third-order valence-electron chi connectivity index (χ3n) is 7.71. The summed E-state index contributed by atoms with van der Waals surface area (Å²) in [4.78, 5) is 40.5. The van der Waals surface area contributed by atoms with Crippen LogP contribution in [-0.4, -0.2) is 35.6 Å². The van der Waals surface area contributed by atoms with Gasteiger partial charge in [-0.15, -0.1) is 0 Å². The summed E-state index contributed by atoms with van der Waals surface area (Å²) in [6.45, 7) is 3.61. The first-order valence-electron chi connectivity index (χ1n) is 12.9. The summed E-state index contributed by atoms with van der Waals surface area (Å²) in [7, 11) is 0. The molecule has 0 aromatic heterocycles. The molecule has 5 atom stereocenters. The predicted octanol–water partition coefficient (Wildman–Crippen LogP) is 5.06. The molecule has 0 radical (unpaired) electrons. The zero-order chi connectivity index (χ0) is 25.2. The van der Waals surface area contributed by atoms with Gasteiger partial charge in [-0.1, -0.05) is 60.7 Å². The largest absolute Gasteiger partial charge is 0.461 e. The van der Waals surface area contributed by atoms with Crippen molar-refractivity contribution in [2.45, 2.75) is 51.0 Å². The van der Waals surface area contributed by atoms with Crippen LogP contribution in [0.25, 0.3) is 5.57 Å². The third-order valence-corrected chi connectivity index (χ3v) is 8.82. The average Bonchev–Trinajstić information content (AvgIpc) is 3.56. The molecule has 0 spiro atoms. The zero-order valence-corrected chi connectivity index (χ0v) is 21.6. The molecule has 1 amide bonds. The zero-order valence-electron chi connectivity index (χ0n) is 20.8. The van der Waals surface area contributed by atoms with Gasteiger partial charge in [0.1, 0.15) is 6.04 Å². The highest BCUT2D eigenvalue weighted by Crippen LogP contribution is 2.60. The molecular formula is C30H33NO4S. The van der Waals surface area contributed by atoms with E-state index in [0.717, 1.165) is 36.1 Å². The van der Waals surface area contributed by atoms with Crippen molar-refractivity contribution in [1.29, 1.82) is 0 Å². The lowest BCUT2D eigenvalue weighted by Crippen LogP contribution is -2.46. The lowest BCUT2D eigenvalue weighted by molar-refractivity contribution is -0.150. The first kappa shape index (κ1) is 24.8. The molecule has 2 fully saturated rings. The van der Waals surface area contributed by atoms with Gasteiger partial charge in [-0.25, -0.2) is 4.79 Å². The van der Waals surface area contributed by atoms with Crippen molar-refractivity contribution in [3.63, 3.8) is 0 Å². The van der Waals surface area contributed by atoms with Crippen LogP contribution in [0.2, 0.25) is 0 Å². The highest BCUT2D eigenvalue weighted by Gasteiger charge is 2.58. The highest BCUT2D eigenvalue weighted by atomic mass is 32.2. The van der Waals surface area contributed by atoms with Gasteiger partial charge in [-0.05, 0) is 56.1 Å². The van der Waals surface area contributed by atoms with Gasteiger partial charge < -0.3 is 10.1 Å². The van der Waals surface area contributed by atoms with Crippen molar-refractivity contribution in [1.82, 2.24) is 5.32 Å². The number of fused-ring (bicyclic) bond motifs is 5. The molecule has 6 heteroatoms. The van der Waals surface area contributed by atoms with E-state index in [1.807, 2.05) is 60.7 Å². The molecule has 3 aliphatic rings. The van der Waals surface area contributed by atoms with Crippen LogP contribution in [0.15, 0.2) is 66.2 Å². The number of carbonyl (C=O) groups is 3. The van der Waals surface area contributed by atoms with E-state index in [0.29, 0.717) is 28.7 Å². The van der Waals surface area contributed by atoms with Crippen LogP contribution in [-0.2, 0) is 24.9 Å². The van der Waals surface area contributed by atoms with Crippen LogP contribution in [0, 0.1) is 23.7 Å². The van der Waals surface area contributed by atoms with Gasteiger partial charge in [0.25, 0.3) is 0 Å². The number of hydrogen-bond acceptors (Lipinski definition) is 5. The van der Waals surface area contributed by atoms with E-state index in [-0.39, 0.29) is 29.6 Å². The van der Waals surface area contributed by atoms with E-state index in [9.17, 15) is 14.4 Å². The normalized spacial score (nSPS) is 25.2. The standard InChI is InChI=1S/C30H33NO4S/c1-18(2)35-30(34)23(17-36-16-19-9-5-3-6-10-19)31-29(33)27-24-21-13-14-22(15-21)26(24)28(32)25(27)20-11-7-4-8-12-20/h3-12,18,21-24,26H,13-17H2,1-2H3,(H,31,33)/t21-,22+,23+,24+,26-/m1/s1. The summed E-state index contributed by atoms with van der Waals surface area (Å²) in [5, 5.41) is 3.00. The van der Waals surface area contributed by atoms with Gasteiger partial charge in [0, 0.05) is 34.5 Å². The maximum atomic E-state index is 13.9. The minimum atomic E-state index is -0.786. The Morgan fingerprint density at radius 1 is 0.972 bits per heavy atom. The lowest BCUT2D eigenvalue weighted by atomic mass is 9.78. The number of amides is 1. The summed E-state index contributed by atoms with van der Waals surface area (Å²) in [6, 6.07) is 18.8. The molecule has 2 bridgehead atoms. The average molecular weight is 504 g/mol. The highest BCUT2D eigenvalue weighted by molar-refractivity contribution is 7.98. The molecule has 0 saturated heterocycles. The van der Waals surface area contributed by atoms with Crippen molar-refractivity contribution in [3.05, 3.63) is 77.4 Å². The van der Waals surface area contributed by atoms with Crippen LogP contribution in [0.3, 0.4) is 0 Å². The summed E-state index contributed by atoms with van der Waals surface area (Å²) < 4.78 is 5.50. The number of Topliss-reactive ketones (excluding diaryl/α,β-unsaturated/α-hetero) is 1. The van der Waals surface area contributed by atoms with Gasteiger partial charge in [-0.2, -0.15) is 11.8 Å². The van der Waals surface area contributed by atoms with Gasteiger partial charge in [0.2, 0.25) is 5.91 Å². The summed E-state index contributed by atoms with van der Waals surface area (Å²) in [5.74, 6) is 1.06. The molecule has 0 unspecified atom stereocenters. The Morgan fingerprint density at radius 2 is 1.61 bits per heavy atom. The molecular weight excluding hydrogens is 470 g/mol. The second-order valence-corrected chi connectivity index (χ2v) is 11.4. The number of ketones is 1. The number of thioether (sulfide) groups is 1. The van der Waals surface area contributed by atoms with Crippen molar-refractivity contribution in [2.75, 3.05) is 5.75 Å². The fraction of sp³-hybridized carbons (Fsp3) is 0.433. The summed E-state index contributed by atoms with van der Waals surface area (Å²) in [6.07, 6.45) is 2.86. The van der Waals surface area contributed by atoms with E-state index in [1.165, 1.54) is 0 Å². The molecule has 5 nitrogen and oxygen atoms in total. The minimum Gasteiger partial charge on any atom is -0.461 e. The monoisotopic (exact) mass is 503 g/mol. The van der Waals surface area contributed by atoms with Gasteiger partial charge >= 0.3 is 5.97 Å². The number of allylic oxidation sites excluding steroid dienone is 1. The summed E-state index contributed by atoms with van der Waals surface area (Å²) in [5.41, 5.74) is 3.08. The van der Waals surface area contributed by atoms with Crippen LogP contribution in [0.5, 0.6) is 0 Å². The molecule has 36 heavy (non-hydrogen) atoms. The van der Waals surface area contributed by atoms with Gasteiger partial charge in [0.15, 0.2) is 5.78 Å². The minimum absolute atomic E-state index is 0.0507. The number of ether oxygens (including phenoxy) is 1. The molecule has 5 rings (SSSR count). The maximum absolute atomic E-state index is 13.9. The van der Waals surface area contributed by atoms with Crippen LogP contribution in [0.4, 0.5) is 0 Å². The molecule has 188 valence electrons. The Bertz CT molecular complexity index is 1160. The summed E-state index contributed by atoms with van der Waals surface area (Å²) >= 11 is 1.59. The Morgan fingerprint density at radius 3 is 2.28 bits per heavy atom. The fourth-order valence-corrected chi connectivity index (χ4v) is 7.31. The maximum Gasteiger partial charge on any atom is 0.329 e. The van der Waals surface area contributed by atoms with E-state index in [1.54, 1.807) is 25.6 Å². The predicted molar refractivity (Wildman–Crippen MR) is 142 cm³/mol. The molecule has 2 aromatic rings. The Labute approximate surface area is 217 Å². The van der Waals surface area contributed by atoms with E-state index >= 15 is 0 Å². The van der Waals surface area contributed by atoms with Gasteiger partial charge in [-0.3, -0.25) is 9.59 Å². The Hall–Kier alpha value is -2.86. The van der Waals surface area contributed by atoms with E-state index in [2.05, 4.69) is 5.32 Å². The third kappa shape index (κ3) is 4.88. The molecule has 1 N–H and O–H groups in total. The van der Waals surface area contributed by atoms with E-state index < -0.39 is 12.0 Å². The number of hydrogen-bond donors (Lipinski definition) is 1. The number of nitrogens with one attached hydrogen (secondary N) is 1. The lowest BCUT2D eigenvalue weighted by Gasteiger charge is -2.26. The quantitative estimate of drug-likeness (QED) is 0.485. The van der Waals surface area contributed by atoms with Gasteiger partial charge in [0.05, 0.1) is 6.10 Å². The fourth-order valence-electron chi connectivity index (χ4n) is 6.31. The molecule has 0 aliphatic heterocycles. The topological polar surface area (TPSA) is 72.5 Å². The molecule has 3 aliphatic carbocycles. The number of rotatable bonds is 9. The van der Waals surface area contributed by atoms with Crippen molar-refractivity contribution in [2.24, 2.45) is 23.7 Å². The number of carbonyl (C=O) groups excluding carboxylic acids is 3. The number of esters is 1. The second kappa shape index (κ2) is 10.6. The smallest absolute Gasteiger partial charge is 0.329 e. The van der Waals surface area contributed by atoms with Crippen LogP contribution < -0.4 is 5.32 Å². The van der Waals surface area contributed by atoms with Crippen molar-refractivity contribution >= 4 is 35.0 Å². The molecule has 2 aromatic carbocycles. The Balaban J connectivity index is 1.41. The van der Waals surface area contributed by atoms with Crippen molar-refractivity contribution < 1.29 is 19.1 Å². The van der Waals surface area contributed by atoms with E-state index in [4.69, 9.17) is 4.74 Å². The Kier molecular flexibility index (Phi) is 7.33. The van der Waals surface area contributed by atoms with Crippen molar-refractivity contribution in [3.8, 4) is 0 Å². The first-order chi connectivity index (χ1) is 17.4. The number of benzene rings is 2. The first-order valence-corrected chi connectivity index (χ1v) is 14.1. The van der Waals surface area contributed by atoms with Crippen LogP contribution in [0.1, 0.15) is 44.2 Å².